The Hall–Kier alpha value is -1.27. The van der Waals surface area contributed by atoms with E-state index in [0.29, 0.717) is 11.5 Å². The number of nitrogens with zero attached hydrogens (tertiary/aromatic N) is 1. The van der Waals surface area contributed by atoms with Crippen molar-refractivity contribution in [1.82, 2.24) is 4.98 Å². The lowest BCUT2D eigenvalue weighted by atomic mass is 10.0. The van der Waals surface area contributed by atoms with Gasteiger partial charge in [-0.3, -0.25) is 0 Å². The number of aromatic nitrogens is 1. The number of aromatic amines is 1. The molecule has 0 amide bonds. The molecule has 0 spiro atoms. The highest BCUT2D eigenvalue weighted by molar-refractivity contribution is 5.30. The lowest BCUT2D eigenvalue weighted by Crippen LogP contribution is -2.16. The van der Waals surface area contributed by atoms with Crippen molar-refractivity contribution >= 4 is 0 Å². The summed E-state index contributed by atoms with van der Waals surface area (Å²) in [6.07, 6.45) is 1.68. The molecule has 12 heavy (non-hydrogen) atoms. The molecule has 0 radical (unpaired) electrons. The minimum atomic E-state index is -0.00731. The summed E-state index contributed by atoms with van der Waals surface area (Å²) in [4.78, 5) is 2.99. The number of hydrogen-bond donors (Lipinski definition) is 2. The Labute approximate surface area is 72.2 Å². The zero-order valence-corrected chi connectivity index (χ0v) is 7.33. The number of nitrogens with one attached hydrogen (secondary N) is 1. The fourth-order valence-electron chi connectivity index (χ4n) is 1.03. The van der Waals surface area contributed by atoms with Crippen LogP contribution in [-0.4, -0.2) is 4.98 Å². The van der Waals surface area contributed by atoms with E-state index in [4.69, 9.17) is 11.0 Å². The molecule has 0 saturated heterocycles. The summed E-state index contributed by atoms with van der Waals surface area (Å²) >= 11 is 0. The summed E-state index contributed by atoms with van der Waals surface area (Å²) in [5.41, 5.74) is 7.44. The van der Waals surface area contributed by atoms with Crippen LogP contribution in [0.15, 0.2) is 12.3 Å². The molecular weight excluding hydrogens is 150 g/mol. The third-order valence-corrected chi connectivity index (χ3v) is 1.91. The molecule has 0 saturated carbocycles. The Balaban J connectivity index is 2.83. The Morgan fingerprint density at radius 2 is 2.25 bits per heavy atom. The van der Waals surface area contributed by atoms with Crippen molar-refractivity contribution < 1.29 is 0 Å². The molecule has 1 aromatic heterocycles. The van der Waals surface area contributed by atoms with Gasteiger partial charge in [-0.15, -0.1) is 0 Å². The Morgan fingerprint density at radius 3 is 2.67 bits per heavy atom. The molecule has 1 heterocycles. The van der Waals surface area contributed by atoms with Gasteiger partial charge in [-0.05, 0) is 12.0 Å². The molecule has 1 aromatic rings. The molecule has 0 bridgehead atoms. The van der Waals surface area contributed by atoms with E-state index in [0.717, 1.165) is 5.69 Å². The highest BCUT2D eigenvalue weighted by Crippen LogP contribution is 2.17. The number of H-pyrrole nitrogens is 1. The van der Waals surface area contributed by atoms with Crippen molar-refractivity contribution in [2.24, 2.45) is 11.7 Å². The number of rotatable bonds is 2. The maximum Gasteiger partial charge on any atom is 0.101 e. The van der Waals surface area contributed by atoms with Crippen LogP contribution in [0.5, 0.6) is 0 Å². The molecule has 3 nitrogen and oxygen atoms in total. The first-order valence-corrected chi connectivity index (χ1v) is 3.99. The fourth-order valence-corrected chi connectivity index (χ4v) is 1.03. The van der Waals surface area contributed by atoms with E-state index >= 15 is 0 Å². The van der Waals surface area contributed by atoms with Gasteiger partial charge in [-0.2, -0.15) is 5.26 Å². The highest BCUT2D eigenvalue weighted by atomic mass is 14.8. The van der Waals surface area contributed by atoms with E-state index in [1.807, 2.05) is 0 Å². The maximum atomic E-state index is 8.56. The average Bonchev–Trinajstić information content (AvgIpc) is 2.50. The van der Waals surface area contributed by atoms with Gasteiger partial charge in [0.2, 0.25) is 0 Å². The van der Waals surface area contributed by atoms with Gasteiger partial charge in [0.15, 0.2) is 0 Å². The van der Waals surface area contributed by atoms with Crippen LogP contribution < -0.4 is 5.73 Å². The van der Waals surface area contributed by atoms with Gasteiger partial charge in [-0.1, -0.05) is 13.8 Å². The molecule has 3 N–H and O–H groups in total. The maximum absolute atomic E-state index is 8.56. The normalized spacial score (nSPS) is 12.9. The van der Waals surface area contributed by atoms with Crippen molar-refractivity contribution in [3.63, 3.8) is 0 Å². The number of nitriles is 1. The molecule has 1 rings (SSSR count). The van der Waals surface area contributed by atoms with Crippen LogP contribution in [0.3, 0.4) is 0 Å². The van der Waals surface area contributed by atoms with Crippen LogP contribution in [0.1, 0.15) is 31.1 Å². The van der Waals surface area contributed by atoms with Gasteiger partial charge >= 0.3 is 0 Å². The van der Waals surface area contributed by atoms with Gasteiger partial charge < -0.3 is 10.7 Å². The van der Waals surface area contributed by atoms with Gasteiger partial charge in [0.25, 0.3) is 0 Å². The Morgan fingerprint density at radius 1 is 1.58 bits per heavy atom. The average molecular weight is 163 g/mol. The molecule has 0 aliphatic heterocycles. The minimum Gasteiger partial charge on any atom is -0.362 e. The van der Waals surface area contributed by atoms with Crippen LogP contribution in [0.25, 0.3) is 0 Å². The summed E-state index contributed by atoms with van der Waals surface area (Å²) in [7, 11) is 0. The van der Waals surface area contributed by atoms with Crippen LogP contribution >= 0.6 is 0 Å². The summed E-state index contributed by atoms with van der Waals surface area (Å²) in [5, 5.41) is 8.56. The first-order valence-electron chi connectivity index (χ1n) is 3.99. The largest absolute Gasteiger partial charge is 0.362 e. The van der Waals surface area contributed by atoms with Crippen LogP contribution in [0.4, 0.5) is 0 Å². The second-order valence-electron chi connectivity index (χ2n) is 3.23. The van der Waals surface area contributed by atoms with Crippen LogP contribution in [0, 0.1) is 17.2 Å². The molecule has 0 fully saturated rings. The summed E-state index contributed by atoms with van der Waals surface area (Å²) in [5.74, 6) is 0.384. The van der Waals surface area contributed by atoms with Gasteiger partial charge in [-0.25, -0.2) is 0 Å². The Bertz CT molecular complexity index is 293. The zero-order valence-electron chi connectivity index (χ0n) is 7.33. The number of nitrogens with two attached hydrogens (primary N) is 1. The van der Waals surface area contributed by atoms with E-state index in [2.05, 4.69) is 24.9 Å². The molecular formula is C9H13N3. The summed E-state index contributed by atoms with van der Waals surface area (Å²) in [6.45, 7) is 4.11. The van der Waals surface area contributed by atoms with Crippen molar-refractivity contribution in [2.75, 3.05) is 0 Å². The molecule has 3 heteroatoms. The first-order chi connectivity index (χ1) is 5.65. The van der Waals surface area contributed by atoms with Crippen LogP contribution in [-0.2, 0) is 0 Å². The second kappa shape index (κ2) is 3.42. The van der Waals surface area contributed by atoms with Gasteiger partial charge in [0.1, 0.15) is 6.07 Å². The third-order valence-electron chi connectivity index (χ3n) is 1.91. The smallest absolute Gasteiger partial charge is 0.101 e. The van der Waals surface area contributed by atoms with E-state index in [9.17, 15) is 0 Å². The topological polar surface area (TPSA) is 65.6 Å². The second-order valence-corrected chi connectivity index (χ2v) is 3.23. The predicted molar refractivity (Wildman–Crippen MR) is 47.3 cm³/mol. The molecule has 1 atom stereocenters. The summed E-state index contributed by atoms with van der Waals surface area (Å²) in [6, 6.07) is 3.84. The third kappa shape index (κ3) is 1.66. The standard InChI is InChI=1S/C9H13N3/c1-6(2)9(11)8-3-7(4-10)5-12-8/h3,5-6,9,12H,11H2,1-2H3/t9-/m1/s1. The van der Waals surface area contributed by atoms with Crippen molar-refractivity contribution in [3.8, 4) is 6.07 Å². The molecule has 0 aliphatic rings. The van der Waals surface area contributed by atoms with E-state index in [-0.39, 0.29) is 6.04 Å². The van der Waals surface area contributed by atoms with Crippen LogP contribution in [0.2, 0.25) is 0 Å². The summed E-state index contributed by atoms with van der Waals surface area (Å²) < 4.78 is 0. The lowest BCUT2D eigenvalue weighted by Gasteiger charge is -2.12. The molecule has 64 valence electrons. The van der Waals surface area contributed by atoms with Crippen molar-refractivity contribution in [3.05, 3.63) is 23.5 Å². The van der Waals surface area contributed by atoms with Gasteiger partial charge in [0, 0.05) is 17.9 Å². The zero-order chi connectivity index (χ0) is 9.14. The fraction of sp³-hybridized carbons (Fsp3) is 0.444. The van der Waals surface area contributed by atoms with Crippen molar-refractivity contribution in [1.29, 1.82) is 5.26 Å². The van der Waals surface area contributed by atoms with E-state index in [1.165, 1.54) is 0 Å². The number of hydrogen-bond acceptors (Lipinski definition) is 2. The quantitative estimate of drug-likeness (QED) is 0.694. The van der Waals surface area contributed by atoms with Crippen molar-refractivity contribution in [2.45, 2.75) is 19.9 Å². The highest BCUT2D eigenvalue weighted by Gasteiger charge is 2.11. The molecule has 0 unspecified atom stereocenters. The molecule has 0 aromatic carbocycles. The first kappa shape index (κ1) is 8.82. The SMILES string of the molecule is CC(C)[C@@H](N)c1cc(C#N)c[nH]1. The van der Waals surface area contributed by atoms with Gasteiger partial charge in [0.05, 0.1) is 5.56 Å². The van der Waals surface area contributed by atoms with E-state index in [1.54, 1.807) is 12.3 Å². The Kier molecular flexibility index (Phi) is 2.51. The minimum absolute atomic E-state index is 0.00731. The lowest BCUT2D eigenvalue weighted by molar-refractivity contribution is 0.505. The molecule has 0 aliphatic carbocycles. The monoisotopic (exact) mass is 163 g/mol. The predicted octanol–water partition coefficient (Wildman–Crippen LogP) is 1.54. The van der Waals surface area contributed by atoms with E-state index < -0.39 is 0 Å².